The second-order valence-electron chi connectivity index (χ2n) is 4.19. The van der Waals surface area contributed by atoms with Crippen molar-refractivity contribution in [3.05, 3.63) is 28.3 Å². The Balaban J connectivity index is 2.17. The van der Waals surface area contributed by atoms with Crippen molar-refractivity contribution in [2.24, 2.45) is 0 Å². The van der Waals surface area contributed by atoms with Crippen molar-refractivity contribution in [1.82, 2.24) is 5.32 Å². The number of carbonyl (C=O) groups is 1. The monoisotopic (exact) mass is 287 g/mol. The van der Waals surface area contributed by atoms with Crippen molar-refractivity contribution >= 4 is 17.4 Å². The van der Waals surface area contributed by atoms with E-state index >= 15 is 0 Å². The van der Waals surface area contributed by atoms with Gasteiger partial charge in [0.25, 0.3) is 5.69 Å². The summed E-state index contributed by atoms with van der Waals surface area (Å²) in [6, 6.07) is 2.43. The van der Waals surface area contributed by atoms with Gasteiger partial charge in [0, 0.05) is 18.2 Å². The van der Waals surface area contributed by atoms with E-state index in [4.69, 9.17) is 0 Å². The second kappa shape index (κ2) is 5.68. The van der Waals surface area contributed by atoms with E-state index in [2.05, 4.69) is 15.4 Å². The van der Waals surface area contributed by atoms with Gasteiger partial charge < -0.3 is 15.4 Å². The third kappa shape index (κ3) is 3.77. The molecule has 1 fully saturated rings. The van der Waals surface area contributed by atoms with E-state index in [1.165, 1.54) is 0 Å². The molecule has 0 heterocycles. The molecular weight excluding hydrogens is 276 g/mol. The van der Waals surface area contributed by atoms with E-state index < -0.39 is 17.6 Å². The third-order valence-corrected chi connectivity index (χ3v) is 2.55. The molecule has 0 atom stereocenters. The van der Waals surface area contributed by atoms with Gasteiger partial charge in [0.2, 0.25) is 0 Å². The Labute approximate surface area is 112 Å². The summed E-state index contributed by atoms with van der Waals surface area (Å²) < 4.78 is 28.7. The minimum absolute atomic E-state index is 0.0631. The van der Waals surface area contributed by atoms with Crippen LogP contribution in [0, 0.1) is 10.1 Å². The summed E-state index contributed by atoms with van der Waals surface area (Å²) in [6.45, 7) is -3.09. The predicted octanol–water partition coefficient (Wildman–Crippen LogP) is 2.48. The normalized spacial score (nSPS) is 13.9. The largest absolute Gasteiger partial charge is 0.433 e. The van der Waals surface area contributed by atoms with E-state index in [1.807, 2.05) is 0 Å². The maximum Gasteiger partial charge on any atom is 0.387 e. The second-order valence-corrected chi connectivity index (χ2v) is 4.19. The first-order chi connectivity index (χ1) is 9.45. The zero-order valence-electron chi connectivity index (χ0n) is 10.1. The zero-order chi connectivity index (χ0) is 14.7. The summed E-state index contributed by atoms with van der Waals surface area (Å²) in [6.07, 6.45) is 1.70. The van der Waals surface area contributed by atoms with Crippen LogP contribution in [0.25, 0.3) is 0 Å². The SMILES string of the molecule is O=C(Nc1cc([N+](=O)[O-])ccc1OC(F)F)NC1CC1. The molecule has 1 aromatic carbocycles. The molecule has 0 bridgehead atoms. The Morgan fingerprint density at radius 3 is 2.70 bits per heavy atom. The minimum atomic E-state index is -3.09. The first-order valence-corrected chi connectivity index (χ1v) is 5.76. The van der Waals surface area contributed by atoms with Gasteiger partial charge in [-0.3, -0.25) is 10.1 Å². The number of hydrogen-bond donors (Lipinski definition) is 2. The van der Waals surface area contributed by atoms with Crippen LogP contribution in [-0.2, 0) is 0 Å². The van der Waals surface area contributed by atoms with E-state index in [-0.39, 0.29) is 23.2 Å². The van der Waals surface area contributed by atoms with Gasteiger partial charge in [0.1, 0.15) is 5.75 Å². The quantitative estimate of drug-likeness (QED) is 0.642. The average molecular weight is 287 g/mol. The molecule has 0 spiro atoms. The van der Waals surface area contributed by atoms with Crippen molar-refractivity contribution in [3.8, 4) is 5.75 Å². The maximum absolute atomic E-state index is 12.2. The van der Waals surface area contributed by atoms with Gasteiger partial charge in [-0.25, -0.2) is 4.79 Å². The molecule has 1 saturated carbocycles. The van der Waals surface area contributed by atoms with Crippen LogP contribution in [0.3, 0.4) is 0 Å². The van der Waals surface area contributed by atoms with Gasteiger partial charge in [0.15, 0.2) is 0 Å². The third-order valence-electron chi connectivity index (χ3n) is 2.55. The highest BCUT2D eigenvalue weighted by molar-refractivity contribution is 5.91. The van der Waals surface area contributed by atoms with E-state index in [1.54, 1.807) is 0 Å². The number of nitrogens with zero attached hydrogens (tertiary/aromatic N) is 1. The molecule has 0 saturated heterocycles. The van der Waals surface area contributed by atoms with Crippen molar-refractivity contribution < 1.29 is 23.2 Å². The molecule has 108 valence electrons. The fourth-order valence-electron chi connectivity index (χ4n) is 1.50. The first kappa shape index (κ1) is 14.0. The van der Waals surface area contributed by atoms with E-state index in [0.29, 0.717) is 0 Å². The number of nitro groups is 1. The molecule has 9 heteroatoms. The Kier molecular flexibility index (Phi) is 3.97. The first-order valence-electron chi connectivity index (χ1n) is 5.76. The molecular formula is C11H11F2N3O4. The van der Waals surface area contributed by atoms with Crippen molar-refractivity contribution in [3.63, 3.8) is 0 Å². The number of benzene rings is 1. The Morgan fingerprint density at radius 2 is 2.15 bits per heavy atom. The molecule has 1 aromatic rings. The molecule has 0 unspecified atom stereocenters. The summed E-state index contributed by atoms with van der Waals surface area (Å²) in [5.41, 5.74) is -0.522. The van der Waals surface area contributed by atoms with Gasteiger partial charge >= 0.3 is 12.6 Å². The molecule has 0 radical (unpaired) electrons. The Bertz CT molecular complexity index is 534. The lowest BCUT2D eigenvalue weighted by Crippen LogP contribution is -2.30. The van der Waals surface area contributed by atoms with E-state index in [0.717, 1.165) is 31.0 Å². The average Bonchev–Trinajstić information content (AvgIpc) is 3.14. The van der Waals surface area contributed by atoms with Crippen LogP contribution < -0.4 is 15.4 Å². The standard InChI is InChI=1S/C11H11F2N3O4/c12-10(13)20-9-4-3-7(16(18)19)5-8(9)15-11(17)14-6-1-2-6/h3-6,10H,1-2H2,(H2,14,15,17). The van der Waals surface area contributed by atoms with Crippen molar-refractivity contribution in [2.75, 3.05) is 5.32 Å². The minimum Gasteiger partial charge on any atom is -0.433 e. The Hall–Kier alpha value is -2.45. The van der Waals surface area contributed by atoms with Crippen LogP contribution in [0.4, 0.5) is 25.0 Å². The summed E-state index contributed by atoms with van der Waals surface area (Å²) in [4.78, 5) is 21.5. The highest BCUT2D eigenvalue weighted by Gasteiger charge is 2.24. The topological polar surface area (TPSA) is 93.5 Å². The summed E-state index contributed by atoms with van der Waals surface area (Å²) in [5, 5.41) is 15.5. The number of nitro benzene ring substituents is 1. The number of ether oxygens (including phenoxy) is 1. The van der Waals surface area contributed by atoms with Crippen LogP contribution in [0.5, 0.6) is 5.75 Å². The number of non-ortho nitro benzene ring substituents is 1. The van der Waals surface area contributed by atoms with E-state index in [9.17, 15) is 23.7 Å². The zero-order valence-corrected chi connectivity index (χ0v) is 10.1. The molecule has 2 amide bonds. The van der Waals surface area contributed by atoms with Gasteiger partial charge in [-0.05, 0) is 18.9 Å². The fraction of sp³-hybridized carbons (Fsp3) is 0.364. The fourth-order valence-corrected chi connectivity index (χ4v) is 1.50. The number of amides is 2. The van der Waals surface area contributed by atoms with Crippen LogP contribution in [0.2, 0.25) is 0 Å². The molecule has 2 rings (SSSR count). The van der Waals surface area contributed by atoms with Crippen LogP contribution in [0.15, 0.2) is 18.2 Å². The number of carbonyl (C=O) groups excluding carboxylic acids is 1. The highest BCUT2D eigenvalue weighted by atomic mass is 19.3. The van der Waals surface area contributed by atoms with Gasteiger partial charge in [-0.1, -0.05) is 0 Å². The maximum atomic E-state index is 12.2. The summed E-state index contributed by atoms with van der Waals surface area (Å²) in [7, 11) is 0. The van der Waals surface area contributed by atoms with Crippen LogP contribution in [0.1, 0.15) is 12.8 Å². The number of anilines is 1. The molecule has 2 N–H and O–H groups in total. The lowest BCUT2D eigenvalue weighted by molar-refractivity contribution is -0.384. The molecule has 0 aliphatic heterocycles. The highest BCUT2D eigenvalue weighted by Crippen LogP contribution is 2.30. The van der Waals surface area contributed by atoms with Gasteiger partial charge in [-0.2, -0.15) is 8.78 Å². The summed E-state index contributed by atoms with van der Waals surface area (Å²) >= 11 is 0. The smallest absolute Gasteiger partial charge is 0.387 e. The molecule has 1 aliphatic rings. The number of halogens is 2. The number of rotatable bonds is 5. The molecule has 20 heavy (non-hydrogen) atoms. The number of nitrogens with one attached hydrogen (secondary N) is 2. The number of hydrogen-bond acceptors (Lipinski definition) is 4. The van der Waals surface area contributed by atoms with Gasteiger partial charge in [-0.15, -0.1) is 0 Å². The van der Waals surface area contributed by atoms with Crippen molar-refractivity contribution in [1.29, 1.82) is 0 Å². The summed E-state index contributed by atoms with van der Waals surface area (Å²) in [5.74, 6) is -0.337. The lowest BCUT2D eigenvalue weighted by atomic mass is 10.2. The van der Waals surface area contributed by atoms with Crippen LogP contribution >= 0.6 is 0 Å². The predicted molar refractivity (Wildman–Crippen MR) is 64.9 cm³/mol. The van der Waals surface area contributed by atoms with Gasteiger partial charge in [0.05, 0.1) is 10.6 Å². The number of alkyl halides is 2. The number of urea groups is 1. The Morgan fingerprint density at radius 1 is 1.45 bits per heavy atom. The molecule has 1 aliphatic carbocycles. The lowest BCUT2D eigenvalue weighted by Gasteiger charge is -2.12. The van der Waals surface area contributed by atoms with Crippen molar-refractivity contribution in [2.45, 2.75) is 25.5 Å². The molecule has 0 aromatic heterocycles. The molecule has 7 nitrogen and oxygen atoms in total. The van der Waals surface area contributed by atoms with Crippen LogP contribution in [-0.4, -0.2) is 23.6 Å².